The van der Waals surface area contributed by atoms with Crippen LogP contribution in [0.4, 0.5) is 4.39 Å². The molecule has 0 amide bonds. The quantitative estimate of drug-likeness (QED) is 0.814. The fraction of sp³-hybridized carbons (Fsp3) is 0.500. The second-order valence-corrected chi connectivity index (χ2v) is 6.29. The SMILES string of the molecule is OCCN1CCC(CNCc2coc(-c3cccc(F)c3)n2)CC1. The maximum Gasteiger partial charge on any atom is 0.226 e. The van der Waals surface area contributed by atoms with Gasteiger partial charge >= 0.3 is 0 Å². The van der Waals surface area contributed by atoms with Crippen LogP contribution in [-0.4, -0.2) is 47.8 Å². The highest BCUT2D eigenvalue weighted by molar-refractivity contribution is 5.52. The first-order chi connectivity index (χ1) is 11.7. The number of rotatable bonds is 7. The van der Waals surface area contributed by atoms with E-state index < -0.39 is 0 Å². The molecule has 1 aromatic heterocycles. The second-order valence-electron chi connectivity index (χ2n) is 6.29. The molecule has 2 N–H and O–H groups in total. The Hall–Kier alpha value is -1.76. The molecule has 6 heteroatoms. The van der Waals surface area contributed by atoms with Crippen molar-refractivity contribution >= 4 is 0 Å². The number of halogens is 1. The number of nitrogens with one attached hydrogen (secondary N) is 1. The molecule has 0 aliphatic carbocycles. The van der Waals surface area contributed by atoms with E-state index in [1.807, 2.05) is 0 Å². The van der Waals surface area contributed by atoms with Crippen LogP contribution in [0.5, 0.6) is 0 Å². The Morgan fingerprint density at radius 1 is 1.33 bits per heavy atom. The number of benzene rings is 1. The van der Waals surface area contributed by atoms with Gasteiger partial charge in [-0.25, -0.2) is 9.37 Å². The van der Waals surface area contributed by atoms with Gasteiger partial charge in [0.05, 0.1) is 12.3 Å². The summed E-state index contributed by atoms with van der Waals surface area (Å²) >= 11 is 0. The summed E-state index contributed by atoms with van der Waals surface area (Å²) in [5.41, 5.74) is 1.48. The average molecular weight is 333 g/mol. The Balaban J connectivity index is 1.43. The van der Waals surface area contributed by atoms with Crippen LogP contribution in [0.25, 0.3) is 11.5 Å². The lowest BCUT2D eigenvalue weighted by Crippen LogP contribution is -2.38. The Bertz CT molecular complexity index is 639. The molecule has 0 atom stereocenters. The van der Waals surface area contributed by atoms with E-state index >= 15 is 0 Å². The predicted octanol–water partition coefficient (Wildman–Crippen LogP) is 2.27. The number of β-amino-alcohol motifs (C(OH)–C–C–N with tert-alkyl or cyclic N) is 1. The van der Waals surface area contributed by atoms with Crippen molar-refractivity contribution in [1.29, 1.82) is 0 Å². The average Bonchev–Trinajstić information content (AvgIpc) is 3.06. The number of oxazole rings is 1. The lowest BCUT2D eigenvalue weighted by molar-refractivity contribution is 0.146. The normalized spacial score (nSPS) is 16.6. The van der Waals surface area contributed by atoms with Gasteiger partial charge in [-0.05, 0) is 56.6 Å². The molecule has 0 radical (unpaired) electrons. The zero-order chi connectivity index (χ0) is 16.8. The number of aliphatic hydroxyl groups is 1. The van der Waals surface area contributed by atoms with Crippen LogP contribution in [0.15, 0.2) is 34.9 Å². The molecule has 24 heavy (non-hydrogen) atoms. The Kier molecular flexibility index (Phi) is 5.96. The molecule has 5 nitrogen and oxygen atoms in total. The standard InChI is InChI=1S/C18H24FN3O2/c19-16-3-1-2-15(10-16)18-21-17(13-24-18)12-20-11-14-4-6-22(7-5-14)8-9-23/h1-3,10,13-14,20,23H,4-9,11-12H2. The highest BCUT2D eigenvalue weighted by atomic mass is 19.1. The fourth-order valence-corrected chi connectivity index (χ4v) is 3.10. The first-order valence-electron chi connectivity index (χ1n) is 8.49. The van der Waals surface area contributed by atoms with Gasteiger partial charge in [-0.2, -0.15) is 0 Å². The third kappa shape index (κ3) is 4.63. The highest BCUT2D eigenvalue weighted by Crippen LogP contribution is 2.20. The van der Waals surface area contributed by atoms with Crippen molar-refractivity contribution in [1.82, 2.24) is 15.2 Å². The molecule has 0 bridgehead atoms. The van der Waals surface area contributed by atoms with Crippen LogP contribution in [0.2, 0.25) is 0 Å². The van der Waals surface area contributed by atoms with E-state index in [9.17, 15) is 4.39 Å². The predicted molar refractivity (Wildman–Crippen MR) is 89.9 cm³/mol. The molecule has 1 aliphatic heterocycles. The molecule has 3 rings (SSSR count). The van der Waals surface area contributed by atoms with Crippen molar-refractivity contribution in [2.45, 2.75) is 19.4 Å². The molecule has 130 valence electrons. The molecule has 1 fully saturated rings. The van der Waals surface area contributed by atoms with E-state index in [4.69, 9.17) is 9.52 Å². The molecular formula is C18H24FN3O2. The third-order valence-corrected chi connectivity index (χ3v) is 4.49. The maximum absolute atomic E-state index is 13.2. The molecule has 1 aromatic carbocycles. The number of piperidine rings is 1. The minimum atomic E-state index is -0.294. The lowest BCUT2D eigenvalue weighted by Gasteiger charge is -2.31. The lowest BCUT2D eigenvalue weighted by atomic mass is 9.97. The van der Waals surface area contributed by atoms with Gasteiger partial charge in [0.1, 0.15) is 12.1 Å². The third-order valence-electron chi connectivity index (χ3n) is 4.49. The van der Waals surface area contributed by atoms with Crippen LogP contribution in [0.1, 0.15) is 18.5 Å². The van der Waals surface area contributed by atoms with Crippen LogP contribution in [0, 0.1) is 11.7 Å². The Morgan fingerprint density at radius 3 is 2.92 bits per heavy atom. The first-order valence-corrected chi connectivity index (χ1v) is 8.49. The molecule has 0 spiro atoms. The van der Waals surface area contributed by atoms with Gasteiger partial charge in [0.15, 0.2) is 0 Å². The van der Waals surface area contributed by atoms with Crippen molar-refractivity contribution in [3.05, 3.63) is 42.0 Å². The smallest absolute Gasteiger partial charge is 0.226 e. The summed E-state index contributed by atoms with van der Waals surface area (Å²) in [6, 6.07) is 6.26. The number of likely N-dealkylation sites (tertiary alicyclic amines) is 1. The van der Waals surface area contributed by atoms with Gasteiger partial charge in [-0.15, -0.1) is 0 Å². The summed E-state index contributed by atoms with van der Waals surface area (Å²) in [6.45, 7) is 4.73. The molecule has 0 saturated carbocycles. The van der Waals surface area contributed by atoms with Crippen molar-refractivity contribution in [3.8, 4) is 11.5 Å². The highest BCUT2D eigenvalue weighted by Gasteiger charge is 2.18. The molecular weight excluding hydrogens is 309 g/mol. The summed E-state index contributed by atoms with van der Waals surface area (Å²) in [6.07, 6.45) is 3.93. The van der Waals surface area contributed by atoms with Crippen LogP contribution in [0.3, 0.4) is 0 Å². The van der Waals surface area contributed by atoms with E-state index in [1.165, 1.54) is 12.1 Å². The van der Waals surface area contributed by atoms with Crippen LogP contribution < -0.4 is 5.32 Å². The largest absolute Gasteiger partial charge is 0.444 e. The molecule has 1 saturated heterocycles. The Morgan fingerprint density at radius 2 is 2.17 bits per heavy atom. The molecule has 2 heterocycles. The number of hydrogen-bond acceptors (Lipinski definition) is 5. The summed E-state index contributed by atoms with van der Waals surface area (Å²) in [4.78, 5) is 6.71. The Labute approximate surface area is 141 Å². The summed E-state index contributed by atoms with van der Waals surface area (Å²) in [5.74, 6) is 0.816. The second kappa shape index (κ2) is 8.37. The molecule has 1 aliphatic rings. The van der Waals surface area contributed by atoms with Crippen molar-refractivity contribution in [2.24, 2.45) is 5.92 Å². The molecule has 0 unspecified atom stereocenters. The zero-order valence-electron chi connectivity index (χ0n) is 13.7. The van der Waals surface area contributed by atoms with E-state index in [1.54, 1.807) is 18.4 Å². The number of aliphatic hydroxyl groups excluding tert-OH is 1. The van der Waals surface area contributed by atoms with Gasteiger partial charge in [0.2, 0.25) is 5.89 Å². The van der Waals surface area contributed by atoms with Gasteiger partial charge in [-0.1, -0.05) is 6.07 Å². The van der Waals surface area contributed by atoms with Gasteiger partial charge in [0.25, 0.3) is 0 Å². The maximum atomic E-state index is 13.2. The summed E-state index contributed by atoms with van der Waals surface area (Å²) in [7, 11) is 0. The van der Waals surface area contributed by atoms with E-state index in [0.717, 1.165) is 44.7 Å². The van der Waals surface area contributed by atoms with Gasteiger partial charge in [-0.3, -0.25) is 0 Å². The van der Waals surface area contributed by atoms with Gasteiger partial charge < -0.3 is 19.7 Å². The number of nitrogens with zero attached hydrogens (tertiary/aromatic N) is 2. The summed E-state index contributed by atoms with van der Waals surface area (Å²) < 4.78 is 18.7. The minimum Gasteiger partial charge on any atom is -0.444 e. The number of hydrogen-bond donors (Lipinski definition) is 2. The monoisotopic (exact) mass is 333 g/mol. The van der Waals surface area contributed by atoms with Gasteiger partial charge in [0, 0.05) is 18.7 Å². The van der Waals surface area contributed by atoms with Crippen LogP contribution >= 0.6 is 0 Å². The fourth-order valence-electron chi connectivity index (χ4n) is 3.10. The molecule has 2 aromatic rings. The van der Waals surface area contributed by atoms with E-state index in [0.29, 0.717) is 23.9 Å². The van der Waals surface area contributed by atoms with E-state index in [2.05, 4.69) is 15.2 Å². The topological polar surface area (TPSA) is 61.5 Å². The first kappa shape index (κ1) is 17.1. The zero-order valence-corrected chi connectivity index (χ0v) is 13.7. The van der Waals surface area contributed by atoms with Crippen molar-refractivity contribution in [2.75, 3.05) is 32.8 Å². The number of aromatic nitrogens is 1. The van der Waals surface area contributed by atoms with Crippen molar-refractivity contribution in [3.63, 3.8) is 0 Å². The summed E-state index contributed by atoms with van der Waals surface area (Å²) in [5, 5.41) is 12.4. The van der Waals surface area contributed by atoms with E-state index in [-0.39, 0.29) is 12.4 Å². The van der Waals surface area contributed by atoms with Crippen LogP contribution in [-0.2, 0) is 6.54 Å². The van der Waals surface area contributed by atoms with Crippen molar-refractivity contribution < 1.29 is 13.9 Å². The minimum absolute atomic E-state index is 0.239.